The molecule has 7 nitrogen and oxygen atoms in total. The maximum atomic E-state index is 12.2. The van der Waals surface area contributed by atoms with Gasteiger partial charge in [-0.15, -0.1) is 0 Å². The van der Waals surface area contributed by atoms with Crippen molar-refractivity contribution in [2.24, 2.45) is 5.73 Å². The third-order valence-corrected chi connectivity index (χ3v) is 3.01. The van der Waals surface area contributed by atoms with E-state index in [1.54, 1.807) is 20.8 Å². The number of aryl methyl sites for hydroxylation is 1. The summed E-state index contributed by atoms with van der Waals surface area (Å²) in [6.07, 6.45) is 0.272. The minimum absolute atomic E-state index is 0.281. The molecule has 0 saturated heterocycles. The van der Waals surface area contributed by atoms with Gasteiger partial charge in [0.05, 0.1) is 6.54 Å². The van der Waals surface area contributed by atoms with Gasteiger partial charge in [0.1, 0.15) is 11.6 Å². The van der Waals surface area contributed by atoms with Crippen molar-refractivity contribution < 1.29 is 19.1 Å². The SMILES string of the molecule is CC(C)(C)OC(=O)N[C@@H](CCc1ccccc1)C(=O)NCC(N)=O. The molecule has 4 N–H and O–H groups in total. The van der Waals surface area contributed by atoms with Gasteiger partial charge in [0.15, 0.2) is 0 Å². The van der Waals surface area contributed by atoms with Crippen LogP contribution in [0.1, 0.15) is 32.8 Å². The number of hydrogen-bond donors (Lipinski definition) is 3. The van der Waals surface area contributed by atoms with Crippen LogP contribution < -0.4 is 16.4 Å². The Bertz CT molecular complexity index is 567. The van der Waals surface area contributed by atoms with Crippen molar-refractivity contribution in [3.63, 3.8) is 0 Å². The normalized spacial score (nSPS) is 12.1. The van der Waals surface area contributed by atoms with Crippen molar-refractivity contribution in [3.8, 4) is 0 Å². The van der Waals surface area contributed by atoms with E-state index in [0.717, 1.165) is 5.56 Å². The Labute approximate surface area is 141 Å². The van der Waals surface area contributed by atoms with Gasteiger partial charge >= 0.3 is 6.09 Å². The Balaban J connectivity index is 2.69. The number of nitrogens with two attached hydrogens (primary N) is 1. The first-order chi connectivity index (χ1) is 11.2. The molecule has 0 heterocycles. The second-order valence-corrected chi connectivity index (χ2v) is 6.41. The first-order valence-corrected chi connectivity index (χ1v) is 7.77. The summed E-state index contributed by atoms with van der Waals surface area (Å²) in [4.78, 5) is 34.9. The first kappa shape index (κ1) is 19.5. The molecule has 0 saturated carbocycles. The number of carbonyl (C=O) groups is 3. The minimum atomic E-state index is -0.820. The van der Waals surface area contributed by atoms with Crippen molar-refractivity contribution in [2.75, 3.05) is 6.54 Å². The van der Waals surface area contributed by atoms with E-state index >= 15 is 0 Å². The topological polar surface area (TPSA) is 111 Å². The van der Waals surface area contributed by atoms with Crippen molar-refractivity contribution in [2.45, 2.75) is 45.3 Å². The number of nitrogens with one attached hydrogen (secondary N) is 2. The van der Waals surface area contributed by atoms with Gasteiger partial charge in [-0.2, -0.15) is 0 Å². The fourth-order valence-corrected chi connectivity index (χ4v) is 1.97. The highest BCUT2D eigenvalue weighted by molar-refractivity contribution is 5.89. The maximum Gasteiger partial charge on any atom is 0.408 e. The molecule has 0 aliphatic heterocycles. The summed E-state index contributed by atoms with van der Waals surface area (Å²) in [5.74, 6) is -1.13. The molecule has 1 aromatic rings. The van der Waals surface area contributed by atoms with Crippen molar-refractivity contribution in [1.29, 1.82) is 0 Å². The van der Waals surface area contributed by atoms with Gasteiger partial charge < -0.3 is 21.1 Å². The van der Waals surface area contributed by atoms with Crippen LogP contribution in [0.4, 0.5) is 4.79 Å². The fraction of sp³-hybridized carbons (Fsp3) is 0.471. The largest absolute Gasteiger partial charge is 0.444 e. The van der Waals surface area contributed by atoms with E-state index in [0.29, 0.717) is 12.8 Å². The summed E-state index contributed by atoms with van der Waals surface area (Å²) in [7, 11) is 0. The zero-order valence-corrected chi connectivity index (χ0v) is 14.3. The highest BCUT2D eigenvalue weighted by Crippen LogP contribution is 2.09. The molecule has 0 bridgehead atoms. The van der Waals surface area contributed by atoms with Gasteiger partial charge in [-0.1, -0.05) is 30.3 Å². The van der Waals surface area contributed by atoms with Crippen LogP contribution in [0.3, 0.4) is 0 Å². The lowest BCUT2D eigenvalue weighted by Gasteiger charge is -2.23. The molecule has 0 spiro atoms. The van der Waals surface area contributed by atoms with Gasteiger partial charge in [-0.25, -0.2) is 4.79 Å². The summed E-state index contributed by atoms with van der Waals surface area (Å²) in [6.45, 7) is 4.92. The summed E-state index contributed by atoms with van der Waals surface area (Å²) in [5.41, 5.74) is 5.39. The molecule has 7 heteroatoms. The van der Waals surface area contributed by atoms with Crippen LogP contribution in [0.2, 0.25) is 0 Å². The Kier molecular flexibility index (Phi) is 7.23. The molecule has 0 unspecified atom stereocenters. The molecule has 0 radical (unpaired) electrons. The van der Waals surface area contributed by atoms with Gasteiger partial charge in [0.2, 0.25) is 11.8 Å². The van der Waals surface area contributed by atoms with E-state index in [-0.39, 0.29) is 6.54 Å². The molecule has 3 amide bonds. The zero-order valence-electron chi connectivity index (χ0n) is 14.3. The number of ether oxygens (including phenoxy) is 1. The molecule has 1 aromatic carbocycles. The predicted octanol–water partition coefficient (Wildman–Crippen LogP) is 1.11. The summed E-state index contributed by atoms with van der Waals surface area (Å²) in [6, 6.07) is 8.76. The monoisotopic (exact) mass is 335 g/mol. The molecular weight excluding hydrogens is 310 g/mol. The summed E-state index contributed by atoms with van der Waals surface area (Å²) < 4.78 is 5.17. The van der Waals surface area contributed by atoms with E-state index in [9.17, 15) is 14.4 Å². The van der Waals surface area contributed by atoms with Crippen LogP contribution in [0.5, 0.6) is 0 Å². The number of rotatable bonds is 7. The minimum Gasteiger partial charge on any atom is -0.444 e. The number of hydrogen-bond acceptors (Lipinski definition) is 4. The molecular formula is C17H25N3O4. The quantitative estimate of drug-likeness (QED) is 0.693. The molecule has 0 aliphatic carbocycles. The van der Waals surface area contributed by atoms with E-state index in [2.05, 4.69) is 10.6 Å². The van der Waals surface area contributed by atoms with Gasteiger partial charge in [0, 0.05) is 0 Å². The molecule has 1 atom stereocenters. The zero-order chi connectivity index (χ0) is 18.2. The van der Waals surface area contributed by atoms with Crippen LogP contribution in [0.15, 0.2) is 30.3 Å². The smallest absolute Gasteiger partial charge is 0.408 e. The van der Waals surface area contributed by atoms with Crippen molar-refractivity contribution in [1.82, 2.24) is 10.6 Å². The highest BCUT2D eigenvalue weighted by atomic mass is 16.6. The molecule has 132 valence electrons. The van der Waals surface area contributed by atoms with E-state index in [1.165, 1.54) is 0 Å². The average Bonchev–Trinajstić information content (AvgIpc) is 2.48. The van der Waals surface area contributed by atoms with Crippen LogP contribution in [0.25, 0.3) is 0 Å². The van der Waals surface area contributed by atoms with Crippen LogP contribution >= 0.6 is 0 Å². The number of amides is 3. The maximum absolute atomic E-state index is 12.2. The van der Waals surface area contributed by atoms with Crippen LogP contribution in [0, 0.1) is 0 Å². The number of primary amides is 1. The Morgan fingerprint density at radius 1 is 1.17 bits per heavy atom. The number of carbonyl (C=O) groups excluding carboxylic acids is 3. The number of benzene rings is 1. The van der Waals surface area contributed by atoms with Gasteiger partial charge in [-0.05, 0) is 39.2 Å². The van der Waals surface area contributed by atoms with Crippen molar-refractivity contribution >= 4 is 17.9 Å². The molecule has 0 fully saturated rings. The Morgan fingerprint density at radius 2 is 1.79 bits per heavy atom. The average molecular weight is 335 g/mol. The molecule has 1 rings (SSSR count). The van der Waals surface area contributed by atoms with Crippen molar-refractivity contribution in [3.05, 3.63) is 35.9 Å². The van der Waals surface area contributed by atoms with Crippen LogP contribution in [-0.2, 0) is 20.7 Å². The lowest BCUT2D eigenvalue weighted by Crippen LogP contribution is -2.49. The third kappa shape index (κ3) is 8.17. The second-order valence-electron chi connectivity index (χ2n) is 6.41. The summed E-state index contributed by atoms with van der Waals surface area (Å²) in [5, 5.41) is 4.94. The van der Waals surface area contributed by atoms with Gasteiger partial charge in [0.25, 0.3) is 0 Å². The molecule has 24 heavy (non-hydrogen) atoms. The Morgan fingerprint density at radius 3 is 2.33 bits per heavy atom. The lowest BCUT2D eigenvalue weighted by molar-refractivity contribution is -0.126. The van der Waals surface area contributed by atoms with E-state index < -0.39 is 29.6 Å². The summed E-state index contributed by atoms with van der Waals surface area (Å²) >= 11 is 0. The number of alkyl carbamates (subject to hydrolysis) is 1. The third-order valence-electron chi connectivity index (χ3n) is 3.01. The van der Waals surface area contributed by atoms with E-state index in [4.69, 9.17) is 10.5 Å². The standard InChI is InChI=1S/C17H25N3O4/c1-17(2,3)24-16(23)20-13(15(22)19-11-14(18)21)10-9-12-7-5-4-6-8-12/h4-8,13H,9-11H2,1-3H3,(H2,18,21)(H,19,22)(H,20,23)/t13-/m0/s1. The molecule has 0 aromatic heterocycles. The fourth-order valence-electron chi connectivity index (χ4n) is 1.97. The second kappa shape index (κ2) is 8.90. The van der Waals surface area contributed by atoms with Crippen LogP contribution in [-0.4, -0.2) is 36.1 Å². The predicted molar refractivity (Wildman–Crippen MR) is 90.1 cm³/mol. The first-order valence-electron chi connectivity index (χ1n) is 7.77. The highest BCUT2D eigenvalue weighted by Gasteiger charge is 2.24. The van der Waals surface area contributed by atoms with Gasteiger partial charge in [-0.3, -0.25) is 9.59 Å². The Hall–Kier alpha value is -2.57. The van der Waals surface area contributed by atoms with E-state index in [1.807, 2.05) is 30.3 Å². The lowest BCUT2D eigenvalue weighted by atomic mass is 10.0. The molecule has 0 aliphatic rings.